The van der Waals surface area contributed by atoms with Crippen molar-refractivity contribution < 1.29 is 14.3 Å². The van der Waals surface area contributed by atoms with Gasteiger partial charge in [-0.3, -0.25) is 0 Å². The fourth-order valence-electron chi connectivity index (χ4n) is 2.21. The summed E-state index contributed by atoms with van der Waals surface area (Å²) >= 11 is 0. The van der Waals surface area contributed by atoms with Crippen molar-refractivity contribution in [2.24, 2.45) is 5.92 Å². The summed E-state index contributed by atoms with van der Waals surface area (Å²) < 4.78 is 10.8. The van der Waals surface area contributed by atoms with Crippen LogP contribution in [0.5, 0.6) is 5.75 Å². The second-order valence-corrected chi connectivity index (χ2v) is 6.19. The van der Waals surface area contributed by atoms with E-state index in [1.165, 1.54) is 0 Å². The van der Waals surface area contributed by atoms with Crippen LogP contribution in [0.3, 0.4) is 0 Å². The second-order valence-electron chi connectivity index (χ2n) is 6.19. The molecule has 0 aromatic heterocycles. The fourth-order valence-corrected chi connectivity index (χ4v) is 2.21. The summed E-state index contributed by atoms with van der Waals surface area (Å²) in [6.45, 7) is 10.2. The lowest BCUT2D eigenvalue weighted by Gasteiger charge is -2.18. The molecule has 23 heavy (non-hydrogen) atoms. The average molecular weight is 322 g/mol. The van der Waals surface area contributed by atoms with Gasteiger partial charge >= 0.3 is 6.03 Å². The number of rotatable bonds is 9. The highest BCUT2D eigenvalue weighted by molar-refractivity contribution is 5.74. The van der Waals surface area contributed by atoms with Gasteiger partial charge in [0.25, 0.3) is 0 Å². The SMILES string of the molecule is COc1ccc(C)cc1C(C)NC(=O)NCCCOCC(C)C. The first-order chi connectivity index (χ1) is 10.9. The third-order valence-corrected chi connectivity index (χ3v) is 3.40. The largest absolute Gasteiger partial charge is 0.496 e. The number of nitrogens with one attached hydrogen (secondary N) is 2. The Balaban J connectivity index is 2.35. The van der Waals surface area contributed by atoms with Crippen LogP contribution in [0, 0.1) is 12.8 Å². The summed E-state index contributed by atoms with van der Waals surface area (Å²) in [5.74, 6) is 1.32. The van der Waals surface area contributed by atoms with Gasteiger partial charge in [0, 0.05) is 25.3 Å². The van der Waals surface area contributed by atoms with E-state index in [4.69, 9.17) is 9.47 Å². The number of carbonyl (C=O) groups excluding carboxylic acids is 1. The minimum atomic E-state index is -0.176. The molecule has 0 aliphatic heterocycles. The molecular formula is C18H30N2O3. The topological polar surface area (TPSA) is 59.6 Å². The Morgan fingerprint density at radius 2 is 2.00 bits per heavy atom. The van der Waals surface area contributed by atoms with E-state index in [1.807, 2.05) is 32.0 Å². The Kier molecular flexibility index (Phi) is 8.48. The highest BCUT2D eigenvalue weighted by atomic mass is 16.5. The van der Waals surface area contributed by atoms with E-state index in [2.05, 4.69) is 24.5 Å². The van der Waals surface area contributed by atoms with Crippen LogP contribution < -0.4 is 15.4 Å². The van der Waals surface area contributed by atoms with Crippen LogP contribution in [-0.2, 0) is 4.74 Å². The predicted molar refractivity (Wildman–Crippen MR) is 93.0 cm³/mol. The number of aryl methyl sites for hydroxylation is 1. The first-order valence-electron chi connectivity index (χ1n) is 8.20. The maximum Gasteiger partial charge on any atom is 0.315 e. The normalized spacial score (nSPS) is 12.1. The molecule has 1 atom stereocenters. The number of carbonyl (C=O) groups is 1. The Morgan fingerprint density at radius 1 is 1.26 bits per heavy atom. The van der Waals surface area contributed by atoms with Crippen molar-refractivity contribution in [2.75, 3.05) is 26.9 Å². The summed E-state index contributed by atoms with van der Waals surface area (Å²) in [6.07, 6.45) is 0.808. The maximum atomic E-state index is 11.9. The Hall–Kier alpha value is -1.75. The van der Waals surface area contributed by atoms with Crippen molar-refractivity contribution >= 4 is 6.03 Å². The molecule has 1 unspecified atom stereocenters. The van der Waals surface area contributed by atoms with Gasteiger partial charge < -0.3 is 20.1 Å². The molecule has 0 fully saturated rings. The molecule has 0 aliphatic carbocycles. The summed E-state index contributed by atoms with van der Waals surface area (Å²) in [4.78, 5) is 11.9. The van der Waals surface area contributed by atoms with Crippen molar-refractivity contribution in [1.29, 1.82) is 0 Å². The lowest BCUT2D eigenvalue weighted by atomic mass is 10.0. The van der Waals surface area contributed by atoms with Crippen LogP contribution in [0.25, 0.3) is 0 Å². The molecule has 0 saturated heterocycles. The summed E-state index contributed by atoms with van der Waals surface area (Å²) in [5.41, 5.74) is 2.11. The van der Waals surface area contributed by atoms with Gasteiger partial charge in [0.2, 0.25) is 0 Å². The number of hydrogen-bond donors (Lipinski definition) is 2. The first kappa shape index (κ1) is 19.3. The van der Waals surface area contributed by atoms with Gasteiger partial charge in [-0.1, -0.05) is 31.5 Å². The molecule has 2 amide bonds. The molecule has 1 aromatic rings. The Bertz CT molecular complexity index is 489. The number of benzene rings is 1. The highest BCUT2D eigenvalue weighted by Crippen LogP contribution is 2.25. The lowest BCUT2D eigenvalue weighted by molar-refractivity contribution is 0.108. The van der Waals surface area contributed by atoms with E-state index in [0.29, 0.717) is 19.1 Å². The molecule has 0 bridgehead atoms. The van der Waals surface area contributed by atoms with Crippen molar-refractivity contribution in [3.05, 3.63) is 29.3 Å². The average Bonchev–Trinajstić information content (AvgIpc) is 2.50. The third kappa shape index (κ3) is 7.37. The minimum Gasteiger partial charge on any atom is -0.496 e. The smallest absolute Gasteiger partial charge is 0.315 e. The zero-order chi connectivity index (χ0) is 17.2. The first-order valence-corrected chi connectivity index (χ1v) is 8.20. The summed E-state index contributed by atoms with van der Waals surface area (Å²) in [6, 6.07) is 5.65. The predicted octanol–water partition coefficient (Wildman–Crippen LogP) is 3.43. The molecule has 2 N–H and O–H groups in total. The fraction of sp³-hybridized carbons (Fsp3) is 0.611. The zero-order valence-electron chi connectivity index (χ0n) is 14.9. The molecular weight excluding hydrogens is 292 g/mol. The van der Waals surface area contributed by atoms with Crippen LogP contribution >= 0.6 is 0 Å². The number of urea groups is 1. The van der Waals surface area contributed by atoms with Crippen LogP contribution in [0.2, 0.25) is 0 Å². The van der Waals surface area contributed by atoms with Gasteiger partial charge in [-0.15, -0.1) is 0 Å². The number of hydrogen-bond acceptors (Lipinski definition) is 3. The monoisotopic (exact) mass is 322 g/mol. The molecule has 5 heteroatoms. The number of amides is 2. The van der Waals surface area contributed by atoms with E-state index in [9.17, 15) is 4.79 Å². The molecule has 0 spiro atoms. The summed E-state index contributed by atoms with van der Waals surface area (Å²) in [7, 11) is 1.64. The molecule has 5 nitrogen and oxygen atoms in total. The van der Waals surface area contributed by atoms with Crippen molar-refractivity contribution in [1.82, 2.24) is 10.6 Å². The quantitative estimate of drug-likeness (QED) is 0.685. The molecule has 0 heterocycles. The minimum absolute atomic E-state index is 0.123. The van der Waals surface area contributed by atoms with Gasteiger partial charge in [0.05, 0.1) is 13.2 Å². The molecule has 0 aliphatic rings. The van der Waals surface area contributed by atoms with Crippen molar-refractivity contribution in [2.45, 2.75) is 40.2 Å². The van der Waals surface area contributed by atoms with Crippen LogP contribution in [0.1, 0.15) is 44.4 Å². The van der Waals surface area contributed by atoms with Gasteiger partial charge in [0.15, 0.2) is 0 Å². The lowest BCUT2D eigenvalue weighted by Crippen LogP contribution is -2.37. The molecule has 1 rings (SSSR count). The van der Waals surface area contributed by atoms with E-state index >= 15 is 0 Å². The zero-order valence-corrected chi connectivity index (χ0v) is 14.9. The molecule has 130 valence electrons. The Morgan fingerprint density at radius 3 is 2.65 bits per heavy atom. The molecule has 1 aromatic carbocycles. The van der Waals surface area contributed by atoms with Crippen LogP contribution in [0.15, 0.2) is 18.2 Å². The van der Waals surface area contributed by atoms with Gasteiger partial charge in [-0.2, -0.15) is 0 Å². The standard InChI is InChI=1S/C18H30N2O3/c1-13(2)12-23-10-6-9-19-18(21)20-15(4)16-11-14(3)7-8-17(16)22-5/h7-8,11,13,15H,6,9-10,12H2,1-5H3,(H2,19,20,21). The highest BCUT2D eigenvalue weighted by Gasteiger charge is 2.13. The van der Waals surface area contributed by atoms with Gasteiger partial charge in [0.1, 0.15) is 5.75 Å². The van der Waals surface area contributed by atoms with E-state index in [0.717, 1.165) is 29.9 Å². The van der Waals surface area contributed by atoms with Crippen LogP contribution in [0.4, 0.5) is 4.79 Å². The Labute approximate surface area is 139 Å². The van der Waals surface area contributed by atoms with E-state index in [1.54, 1.807) is 7.11 Å². The van der Waals surface area contributed by atoms with Gasteiger partial charge in [-0.05, 0) is 32.3 Å². The molecule has 0 saturated carbocycles. The van der Waals surface area contributed by atoms with Crippen LogP contribution in [-0.4, -0.2) is 32.9 Å². The van der Waals surface area contributed by atoms with Crippen molar-refractivity contribution in [3.8, 4) is 5.75 Å². The van der Waals surface area contributed by atoms with Gasteiger partial charge in [-0.25, -0.2) is 4.79 Å². The number of methoxy groups -OCH3 is 1. The van der Waals surface area contributed by atoms with E-state index < -0.39 is 0 Å². The maximum absolute atomic E-state index is 11.9. The molecule has 0 radical (unpaired) electrons. The van der Waals surface area contributed by atoms with E-state index in [-0.39, 0.29) is 12.1 Å². The summed E-state index contributed by atoms with van der Waals surface area (Å²) in [5, 5.41) is 5.79. The second kappa shape index (κ2) is 10.1. The van der Waals surface area contributed by atoms with Crippen molar-refractivity contribution in [3.63, 3.8) is 0 Å². The third-order valence-electron chi connectivity index (χ3n) is 3.40. The number of ether oxygens (including phenoxy) is 2.